The summed E-state index contributed by atoms with van der Waals surface area (Å²) in [6.07, 6.45) is 9.80. The van der Waals surface area contributed by atoms with E-state index in [1.807, 2.05) is 6.07 Å². The van der Waals surface area contributed by atoms with E-state index in [9.17, 15) is 4.79 Å². The zero-order chi connectivity index (χ0) is 10.7. The Hall–Kier alpha value is -0.700. The van der Waals surface area contributed by atoms with Crippen LogP contribution in [0, 0.1) is 12.3 Å². The SMILES string of the molecule is O=C(c1cncc(Br)c1)C1C[CH]CCC1. The van der Waals surface area contributed by atoms with Gasteiger partial charge in [0, 0.05) is 28.3 Å². The highest BCUT2D eigenvalue weighted by atomic mass is 79.9. The van der Waals surface area contributed by atoms with Gasteiger partial charge in [0.25, 0.3) is 0 Å². The molecule has 0 aromatic carbocycles. The number of carbonyl (C=O) groups excluding carboxylic acids is 1. The second-order valence-electron chi connectivity index (χ2n) is 3.91. The number of nitrogens with zero attached hydrogens (tertiary/aromatic N) is 1. The molecule has 1 unspecified atom stereocenters. The third-order valence-electron chi connectivity index (χ3n) is 2.77. The molecule has 0 bridgehead atoms. The van der Waals surface area contributed by atoms with Crippen molar-refractivity contribution in [1.29, 1.82) is 0 Å². The lowest BCUT2D eigenvalue weighted by atomic mass is 9.84. The van der Waals surface area contributed by atoms with Gasteiger partial charge in [-0.15, -0.1) is 0 Å². The average molecular weight is 267 g/mol. The number of ketones is 1. The maximum Gasteiger partial charge on any atom is 0.167 e. The Bertz CT molecular complexity index is 358. The molecule has 1 aliphatic carbocycles. The Morgan fingerprint density at radius 3 is 3.00 bits per heavy atom. The van der Waals surface area contributed by atoms with Gasteiger partial charge >= 0.3 is 0 Å². The number of rotatable bonds is 2. The molecule has 1 aromatic heterocycles. The van der Waals surface area contributed by atoms with Crippen LogP contribution in [0.3, 0.4) is 0 Å². The molecule has 3 heteroatoms. The number of carbonyl (C=O) groups is 1. The largest absolute Gasteiger partial charge is 0.294 e. The fourth-order valence-electron chi connectivity index (χ4n) is 1.97. The second kappa shape index (κ2) is 4.88. The minimum atomic E-state index is 0.176. The topological polar surface area (TPSA) is 30.0 Å². The number of hydrogen-bond donors (Lipinski definition) is 0. The van der Waals surface area contributed by atoms with Gasteiger partial charge in [-0.3, -0.25) is 9.78 Å². The molecule has 1 heterocycles. The van der Waals surface area contributed by atoms with Crippen LogP contribution in [0.4, 0.5) is 0 Å². The molecule has 79 valence electrons. The molecule has 0 N–H and O–H groups in total. The van der Waals surface area contributed by atoms with Gasteiger partial charge in [0.05, 0.1) is 0 Å². The van der Waals surface area contributed by atoms with Crippen molar-refractivity contribution >= 4 is 21.7 Å². The van der Waals surface area contributed by atoms with E-state index < -0.39 is 0 Å². The Balaban J connectivity index is 2.12. The van der Waals surface area contributed by atoms with E-state index in [0.29, 0.717) is 0 Å². The third-order valence-corrected chi connectivity index (χ3v) is 3.21. The Morgan fingerprint density at radius 2 is 2.33 bits per heavy atom. The van der Waals surface area contributed by atoms with E-state index in [0.717, 1.165) is 35.7 Å². The van der Waals surface area contributed by atoms with Crippen LogP contribution in [0.25, 0.3) is 0 Å². The van der Waals surface area contributed by atoms with Crippen LogP contribution in [-0.2, 0) is 0 Å². The first-order valence-electron chi connectivity index (χ1n) is 5.24. The summed E-state index contributed by atoms with van der Waals surface area (Å²) >= 11 is 3.33. The van der Waals surface area contributed by atoms with E-state index in [1.54, 1.807) is 12.4 Å². The van der Waals surface area contributed by atoms with Gasteiger partial charge in [0.2, 0.25) is 0 Å². The van der Waals surface area contributed by atoms with E-state index in [2.05, 4.69) is 27.3 Å². The molecular formula is C12H13BrNO. The Morgan fingerprint density at radius 1 is 1.47 bits per heavy atom. The van der Waals surface area contributed by atoms with Crippen molar-refractivity contribution in [2.24, 2.45) is 5.92 Å². The minimum Gasteiger partial charge on any atom is -0.294 e. The smallest absolute Gasteiger partial charge is 0.167 e. The molecule has 1 saturated carbocycles. The minimum absolute atomic E-state index is 0.176. The van der Waals surface area contributed by atoms with Crippen molar-refractivity contribution in [2.75, 3.05) is 0 Å². The highest BCUT2D eigenvalue weighted by Gasteiger charge is 2.22. The van der Waals surface area contributed by atoms with Crippen molar-refractivity contribution in [3.63, 3.8) is 0 Å². The van der Waals surface area contributed by atoms with Crippen molar-refractivity contribution in [3.05, 3.63) is 34.9 Å². The molecule has 0 spiro atoms. The van der Waals surface area contributed by atoms with Gasteiger partial charge in [-0.1, -0.05) is 12.8 Å². The summed E-state index contributed by atoms with van der Waals surface area (Å²) in [6.45, 7) is 0. The van der Waals surface area contributed by atoms with Crippen LogP contribution in [0.1, 0.15) is 36.0 Å². The van der Waals surface area contributed by atoms with Gasteiger partial charge in [0.1, 0.15) is 0 Å². The lowest BCUT2D eigenvalue weighted by Gasteiger charge is -2.19. The fourth-order valence-corrected chi connectivity index (χ4v) is 2.33. The summed E-state index contributed by atoms with van der Waals surface area (Å²) < 4.78 is 0.869. The second-order valence-corrected chi connectivity index (χ2v) is 4.82. The van der Waals surface area contributed by atoms with Crippen LogP contribution in [0.15, 0.2) is 22.9 Å². The van der Waals surface area contributed by atoms with Gasteiger partial charge in [0.15, 0.2) is 5.78 Å². The molecule has 0 aliphatic heterocycles. The first kappa shape index (κ1) is 10.8. The molecule has 1 radical (unpaired) electrons. The summed E-state index contributed by atoms with van der Waals surface area (Å²) in [5.74, 6) is 0.412. The Labute approximate surface area is 98.2 Å². The number of pyridine rings is 1. The van der Waals surface area contributed by atoms with Crippen LogP contribution in [-0.4, -0.2) is 10.8 Å². The molecule has 15 heavy (non-hydrogen) atoms. The molecule has 1 aliphatic rings. The standard InChI is InChI=1S/C12H13BrNO/c13-11-6-10(7-14-8-11)12(15)9-4-2-1-3-5-9/h2,6-9H,1,3-5H2. The molecule has 0 saturated heterocycles. The maximum absolute atomic E-state index is 12.1. The van der Waals surface area contributed by atoms with Gasteiger partial charge in [-0.2, -0.15) is 0 Å². The van der Waals surface area contributed by atoms with Crippen LogP contribution in [0.2, 0.25) is 0 Å². The zero-order valence-electron chi connectivity index (χ0n) is 8.45. The lowest BCUT2D eigenvalue weighted by molar-refractivity contribution is 0.0901. The summed E-state index contributed by atoms with van der Waals surface area (Å²) in [4.78, 5) is 16.1. The molecule has 1 atom stereocenters. The van der Waals surface area contributed by atoms with Crippen LogP contribution >= 0.6 is 15.9 Å². The number of halogens is 1. The van der Waals surface area contributed by atoms with Gasteiger partial charge in [-0.05, 0) is 41.3 Å². The summed E-state index contributed by atoms with van der Waals surface area (Å²) in [5, 5.41) is 0. The average Bonchev–Trinajstić information content (AvgIpc) is 2.29. The van der Waals surface area contributed by atoms with Gasteiger partial charge < -0.3 is 0 Å². The normalized spacial score (nSPS) is 17.7. The van der Waals surface area contributed by atoms with Crippen molar-refractivity contribution in [3.8, 4) is 0 Å². The van der Waals surface area contributed by atoms with Gasteiger partial charge in [-0.25, -0.2) is 0 Å². The molecular weight excluding hydrogens is 254 g/mol. The first-order valence-corrected chi connectivity index (χ1v) is 6.03. The van der Waals surface area contributed by atoms with E-state index in [1.165, 1.54) is 0 Å². The summed E-state index contributed by atoms with van der Waals surface area (Å²) in [6, 6.07) is 1.85. The van der Waals surface area contributed by atoms with E-state index >= 15 is 0 Å². The highest BCUT2D eigenvalue weighted by Crippen LogP contribution is 2.26. The molecule has 2 nitrogen and oxygen atoms in total. The molecule has 2 rings (SSSR count). The molecule has 1 aromatic rings. The summed E-state index contributed by atoms with van der Waals surface area (Å²) in [5.41, 5.74) is 0.727. The highest BCUT2D eigenvalue weighted by molar-refractivity contribution is 9.10. The summed E-state index contributed by atoms with van der Waals surface area (Å²) in [7, 11) is 0. The van der Waals surface area contributed by atoms with Crippen molar-refractivity contribution in [2.45, 2.75) is 25.7 Å². The number of Topliss-reactive ketones (excluding diaryl/α,β-unsaturated/α-hetero) is 1. The van der Waals surface area contributed by atoms with E-state index in [-0.39, 0.29) is 11.7 Å². The quantitative estimate of drug-likeness (QED) is 0.768. The zero-order valence-corrected chi connectivity index (χ0v) is 10.0. The third kappa shape index (κ3) is 2.65. The molecule has 0 amide bonds. The van der Waals surface area contributed by atoms with Crippen LogP contribution in [0.5, 0.6) is 0 Å². The Kier molecular flexibility index (Phi) is 3.52. The monoisotopic (exact) mass is 266 g/mol. The van der Waals surface area contributed by atoms with Crippen molar-refractivity contribution < 1.29 is 4.79 Å². The number of hydrogen-bond acceptors (Lipinski definition) is 2. The first-order chi connectivity index (χ1) is 7.27. The predicted molar refractivity (Wildman–Crippen MR) is 62.5 cm³/mol. The number of aromatic nitrogens is 1. The predicted octanol–water partition coefficient (Wildman–Crippen LogP) is 3.42. The maximum atomic E-state index is 12.1. The van der Waals surface area contributed by atoms with Crippen molar-refractivity contribution in [1.82, 2.24) is 4.98 Å². The lowest BCUT2D eigenvalue weighted by Crippen LogP contribution is -2.18. The van der Waals surface area contributed by atoms with E-state index in [4.69, 9.17) is 0 Å². The molecule has 1 fully saturated rings. The fraction of sp³-hybridized carbons (Fsp3) is 0.417. The van der Waals surface area contributed by atoms with Crippen LogP contribution < -0.4 is 0 Å².